The first kappa shape index (κ1) is 14.1. The van der Waals surface area contributed by atoms with Gasteiger partial charge in [-0.15, -0.1) is 0 Å². The molecule has 0 aliphatic rings. The molecule has 2 N–H and O–H groups in total. The van der Waals surface area contributed by atoms with Gasteiger partial charge in [0, 0.05) is 23.9 Å². The highest BCUT2D eigenvalue weighted by Crippen LogP contribution is 2.28. The molecule has 0 spiro atoms. The Labute approximate surface area is 115 Å². The largest absolute Gasteiger partial charge is 0.504 e. The molecular weight excluding hydrogens is 264 g/mol. The van der Waals surface area contributed by atoms with Crippen LogP contribution in [0.5, 0.6) is 11.5 Å². The van der Waals surface area contributed by atoms with Crippen LogP contribution in [-0.2, 0) is 6.54 Å². The van der Waals surface area contributed by atoms with Crippen molar-refractivity contribution >= 4 is 5.69 Å². The van der Waals surface area contributed by atoms with Crippen LogP contribution in [0.2, 0.25) is 0 Å². The summed E-state index contributed by atoms with van der Waals surface area (Å²) in [5.41, 5.74) is 1.44. The maximum atomic E-state index is 12.6. The van der Waals surface area contributed by atoms with E-state index in [1.54, 1.807) is 24.3 Å². The second-order valence-corrected chi connectivity index (χ2v) is 4.29. The molecule has 3 nitrogen and oxygen atoms in total. The van der Waals surface area contributed by atoms with Gasteiger partial charge in [-0.2, -0.15) is 0 Å². The van der Waals surface area contributed by atoms with Crippen molar-refractivity contribution in [2.24, 2.45) is 0 Å². The van der Waals surface area contributed by atoms with E-state index in [0.29, 0.717) is 18.0 Å². The number of rotatable bonds is 5. The van der Waals surface area contributed by atoms with Gasteiger partial charge in [-0.1, -0.05) is 18.2 Å². The van der Waals surface area contributed by atoms with Crippen molar-refractivity contribution in [1.82, 2.24) is 0 Å². The summed E-state index contributed by atoms with van der Waals surface area (Å²) in [6, 6.07) is 11.1. The van der Waals surface area contributed by atoms with E-state index in [9.17, 15) is 13.9 Å². The van der Waals surface area contributed by atoms with Crippen LogP contribution in [0.4, 0.5) is 14.5 Å². The zero-order valence-electron chi connectivity index (χ0n) is 10.9. The van der Waals surface area contributed by atoms with Gasteiger partial charge in [-0.25, -0.2) is 8.78 Å². The Morgan fingerprint density at radius 3 is 2.65 bits per heavy atom. The van der Waals surface area contributed by atoms with Crippen molar-refractivity contribution in [1.29, 1.82) is 0 Å². The van der Waals surface area contributed by atoms with E-state index >= 15 is 0 Å². The Kier molecular flexibility index (Phi) is 4.40. The van der Waals surface area contributed by atoms with Crippen molar-refractivity contribution in [2.45, 2.75) is 13.0 Å². The van der Waals surface area contributed by atoms with Gasteiger partial charge in [0.1, 0.15) is 0 Å². The Morgan fingerprint density at radius 2 is 2.00 bits per heavy atom. The molecule has 0 aliphatic carbocycles. The molecule has 5 heteroatoms. The number of benzene rings is 2. The number of alkyl halides is 2. The van der Waals surface area contributed by atoms with Crippen LogP contribution in [0.15, 0.2) is 42.5 Å². The number of hydrogen-bond donors (Lipinski definition) is 2. The third-order valence-electron chi connectivity index (χ3n) is 2.88. The van der Waals surface area contributed by atoms with Gasteiger partial charge < -0.3 is 15.2 Å². The van der Waals surface area contributed by atoms with Crippen LogP contribution in [0.1, 0.15) is 17.6 Å². The first-order valence-corrected chi connectivity index (χ1v) is 6.08. The summed E-state index contributed by atoms with van der Waals surface area (Å²) >= 11 is 0. The summed E-state index contributed by atoms with van der Waals surface area (Å²) < 4.78 is 30.1. The number of anilines is 1. The monoisotopic (exact) mass is 279 g/mol. The van der Waals surface area contributed by atoms with E-state index in [1.807, 2.05) is 0 Å². The minimum absolute atomic E-state index is 0.00174. The molecule has 0 saturated carbocycles. The molecule has 106 valence electrons. The Bertz CT molecular complexity index is 588. The lowest BCUT2D eigenvalue weighted by Gasteiger charge is -2.10. The average molecular weight is 279 g/mol. The third kappa shape index (κ3) is 3.38. The Morgan fingerprint density at radius 1 is 1.20 bits per heavy atom. The lowest BCUT2D eigenvalue weighted by Crippen LogP contribution is -2.00. The number of phenolic OH excluding ortho intramolecular Hbond substituents is 1. The van der Waals surface area contributed by atoms with E-state index in [1.165, 1.54) is 25.3 Å². The summed E-state index contributed by atoms with van der Waals surface area (Å²) in [6.07, 6.45) is -2.47. The smallest absolute Gasteiger partial charge is 0.263 e. The topological polar surface area (TPSA) is 41.5 Å². The van der Waals surface area contributed by atoms with Crippen LogP contribution in [0, 0.1) is 0 Å². The summed E-state index contributed by atoms with van der Waals surface area (Å²) in [7, 11) is 1.47. The van der Waals surface area contributed by atoms with E-state index in [0.717, 1.165) is 5.56 Å². The molecule has 20 heavy (non-hydrogen) atoms. The van der Waals surface area contributed by atoms with Gasteiger partial charge in [0.15, 0.2) is 11.5 Å². The number of aromatic hydroxyl groups is 1. The molecule has 0 aromatic heterocycles. The predicted molar refractivity (Wildman–Crippen MR) is 73.4 cm³/mol. The van der Waals surface area contributed by atoms with Gasteiger partial charge in [-0.3, -0.25) is 0 Å². The first-order valence-electron chi connectivity index (χ1n) is 6.08. The van der Waals surface area contributed by atoms with E-state index in [2.05, 4.69) is 5.32 Å². The maximum Gasteiger partial charge on any atom is 0.263 e. The lowest BCUT2D eigenvalue weighted by molar-refractivity contribution is 0.151. The highest BCUT2D eigenvalue weighted by molar-refractivity contribution is 5.54. The molecule has 2 rings (SSSR count). The molecular formula is C15H15F2NO2. The van der Waals surface area contributed by atoms with Crippen molar-refractivity contribution in [3.8, 4) is 11.5 Å². The molecule has 0 radical (unpaired) electrons. The van der Waals surface area contributed by atoms with Crippen molar-refractivity contribution in [3.05, 3.63) is 53.6 Å². The fourth-order valence-electron chi connectivity index (χ4n) is 1.84. The minimum Gasteiger partial charge on any atom is -0.504 e. The van der Waals surface area contributed by atoms with Gasteiger partial charge in [0.2, 0.25) is 0 Å². The van der Waals surface area contributed by atoms with Crippen LogP contribution in [0.3, 0.4) is 0 Å². The van der Waals surface area contributed by atoms with Gasteiger partial charge in [-0.05, 0) is 23.8 Å². The highest BCUT2D eigenvalue weighted by Gasteiger charge is 2.07. The van der Waals surface area contributed by atoms with Crippen LogP contribution < -0.4 is 10.1 Å². The second kappa shape index (κ2) is 6.23. The molecule has 0 aliphatic heterocycles. The molecule has 0 unspecified atom stereocenters. The normalized spacial score (nSPS) is 10.6. The number of nitrogens with one attached hydrogen (secondary N) is 1. The number of ether oxygens (including phenoxy) is 1. The van der Waals surface area contributed by atoms with Crippen molar-refractivity contribution in [3.63, 3.8) is 0 Å². The van der Waals surface area contributed by atoms with Crippen molar-refractivity contribution < 1.29 is 18.6 Å². The minimum atomic E-state index is -2.47. The average Bonchev–Trinajstić information content (AvgIpc) is 2.45. The molecule has 0 saturated heterocycles. The summed E-state index contributed by atoms with van der Waals surface area (Å²) in [4.78, 5) is 0. The van der Waals surface area contributed by atoms with E-state index in [4.69, 9.17) is 4.74 Å². The van der Waals surface area contributed by atoms with Crippen LogP contribution in [0.25, 0.3) is 0 Å². The maximum absolute atomic E-state index is 12.6. The lowest BCUT2D eigenvalue weighted by atomic mass is 10.1. The van der Waals surface area contributed by atoms with Gasteiger partial charge in [0.05, 0.1) is 7.11 Å². The predicted octanol–water partition coefficient (Wildman–Crippen LogP) is 3.95. The number of phenols is 1. The summed E-state index contributed by atoms with van der Waals surface area (Å²) in [5.74, 6) is 0.411. The van der Waals surface area contributed by atoms with Gasteiger partial charge >= 0.3 is 0 Å². The molecule has 2 aromatic rings. The summed E-state index contributed by atoms with van der Waals surface area (Å²) in [5, 5.41) is 12.7. The zero-order valence-corrected chi connectivity index (χ0v) is 10.9. The van der Waals surface area contributed by atoms with Crippen molar-refractivity contribution in [2.75, 3.05) is 12.4 Å². The molecule has 0 bridgehead atoms. The SMILES string of the molecule is COc1ccc(NCc2cccc(C(F)F)c2)cc1O. The number of methoxy groups -OCH3 is 1. The number of hydrogen-bond acceptors (Lipinski definition) is 3. The van der Waals surface area contributed by atoms with Gasteiger partial charge in [0.25, 0.3) is 6.43 Å². The van der Waals surface area contributed by atoms with E-state index in [-0.39, 0.29) is 11.3 Å². The third-order valence-corrected chi connectivity index (χ3v) is 2.88. The first-order chi connectivity index (χ1) is 9.60. The molecule has 2 aromatic carbocycles. The fourth-order valence-corrected chi connectivity index (χ4v) is 1.84. The Hall–Kier alpha value is -2.30. The van der Waals surface area contributed by atoms with Crippen LogP contribution >= 0.6 is 0 Å². The molecule has 0 atom stereocenters. The second-order valence-electron chi connectivity index (χ2n) is 4.29. The quantitative estimate of drug-likeness (QED) is 0.870. The summed E-state index contributed by atoms with van der Waals surface area (Å²) in [6.45, 7) is 0.395. The molecule has 0 heterocycles. The van der Waals surface area contributed by atoms with E-state index < -0.39 is 6.43 Å². The highest BCUT2D eigenvalue weighted by atomic mass is 19.3. The zero-order chi connectivity index (χ0) is 14.5. The van der Waals surface area contributed by atoms with Crippen LogP contribution in [-0.4, -0.2) is 12.2 Å². The molecule has 0 fully saturated rings. The number of halogens is 2. The Balaban J connectivity index is 2.05. The fraction of sp³-hybridized carbons (Fsp3) is 0.200. The molecule has 0 amide bonds. The standard InChI is InChI=1S/C15H15F2NO2/c1-20-14-6-5-12(8-13(14)19)18-9-10-3-2-4-11(7-10)15(16)17/h2-8,15,18-19H,9H2,1H3.